The van der Waals surface area contributed by atoms with Crippen molar-refractivity contribution in [2.75, 3.05) is 12.4 Å². The van der Waals surface area contributed by atoms with Crippen LogP contribution in [0.2, 0.25) is 0 Å². The van der Waals surface area contributed by atoms with Crippen molar-refractivity contribution in [1.82, 2.24) is 9.55 Å². The van der Waals surface area contributed by atoms with E-state index in [0.29, 0.717) is 21.6 Å². The predicted octanol–water partition coefficient (Wildman–Crippen LogP) is 1.75. The van der Waals surface area contributed by atoms with Gasteiger partial charge in [-0.3, -0.25) is 14.2 Å². The van der Waals surface area contributed by atoms with Crippen LogP contribution in [0.25, 0.3) is 10.9 Å². The topological polar surface area (TPSA) is 121 Å². The molecule has 0 saturated heterocycles. The number of nitrogens with two attached hydrogens (primary N) is 1. The van der Waals surface area contributed by atoms with E-state index in [4.69, 9.17) is 9.88 Å². The van der Waals surface area contributed by atoms with Gasteiger partial charge in [-0.1, -0.05) is 36.0 Å². The fourth-order valence-corrected chi connectivity index (χ4v) is 4.00. The Bertz CT molecular complexity index is 1200. The molecule has 0 bridgehead atoms. The number of fused-ring (bicyclic) bond motifs is 1. The van der Waals surface area contributed by atoms with Crippen LogP contribution in [0.3, 0.4) is 0 Å². The molecule has 3 rings (SSSR count). The highest BCUT2D eigenvalue weighted by molar-refractivity contribution is 7.99. The number of primary sulfonamides is 1. The molecule has 0 saturated carbocycles. The molecule has 152 valence electrons. The number of thioether (sulfide) groups is 1. The molecule has 1 aromatic heterocycles. The molecule has 0 aliphatic carbocycles. The minimum atomic E-state index is -3.80. The molecule has 3 aromatic rings. The molecule has 2 N–H and O–H groups in total. The third-order valence-electron chi connectivity index (χ3n) is 4.04. The number of para-hydroxylation sites is 1. The number of esters is 1. The Kier molecular flexibility index (Phi) is 6.36. The Morgan fingerprint density at radius 2 is 1.86 bits per heavy atom. The maximum Gasteiger partial charge on any atom is 0.316 e. The minimum absolute atomic E-state index is 0.0119. The third kappa shape index (κ3) is 5.03. The third-order valence-corrected chi connectivity index (χ3v) is 5.92. The number of ether oxygens (including phenoxy) is 1. The predicted molar refractivity (Wildman–Crippen MR) is 110 cm³/mol. The first-order valence-electron chi connectivity index (χ1n) is 8.69. The van der Waals surface area contributed by atoms with Crippen molar-refractivity contribution in [3.05, 3.63) is 64.4 Å². The van der Waals surface area contributed by atoms with Gasteiger partial charge in [0.15, 0.2) is 5.16 Å². The summed E-state index contributed by atoms with van der Waals surface area (Å²) in [4.78, 5) is 29.3. The highest BCUT2D eigenvalue weighted by atomic mass is 32.2. The normalized spacial score (nSPS) is 11.5. The number of hydrogen-bond donors (Lipinski definition) is 1. The number of sulfonamides is 1. The SMILES string of the molecule is CCOC(=O)CSc1nc2ccccc2c(=O)n1Cc1ccc(S(N)(=O)=O)cc1. The van der Waals surface area contributed by atoms with E-state index in [9.17, 15) is 18.0 Å². The fraction of sp³-hybridized carbons (Fsp3) is 0.211. The Hall–Kier alpha value is -2.69. The number of benzene rings is 2. The lowest BCUT2D eigenvalue weighted by Crippen LogP contribution is -2.24. The number of rotatable bonds is 7. The van der Waals surface area contributed by atoms with Gasteiger partial charge in [-0.2, -0.15) is 0 Å². The largest absolute Gasteiger partial charge is 0.465 e. The molecule has 0 atom stereocenters. The van der Waals surface area contributed by atoms with Gasteiger partial charge >= 0.3 is 5.97 Å². The van der Waals surface area contributed by atoms with Crippen LogP contribution in [-0.2, 0) is 26.1 Å². The van der Waals surface area contributed by atoms with Gasteiger partial charge in [0.2, 0.25) is 10.0 Å². The van der Waals surface area contributed by atoms with Crippen LogP contribution in [0.15, 0.2) is 63.4 Å². The Balaban J connectivity index is 2.00. The molecule has 0 aliphatic heterocycles. The van der Waals surface area contributed by atoms with Gasteiger partial charge < -0.3 is 4.74 Å². The van der Waals surface area contributed by atoms with E-state index in [0.717, 1.165) is 11.8 Å². The van der Waals surface area contributed by atoms with E-state index in [1.807, 2.05) is 0 Å². The Labute approximate surface area is 171 Å². The molecule has 0 radical (unpaired) electrons. The fourth-order valence-electron chi connectivity index (χ4n) is 2.69. The standard InChI is InChI=1S/C19H19N3O5S2/c1-2-27-17(23)12-28-19-21-16-6-4-3-5-15(16)18(24)22(19)11-13-7-9-14(10-8-13)29(20,25)26/h3-10H,2,11-12H2,1H3,(H2,20,25,26). The summed E-state index contributed by atoms with van der Waals surface area (Å²) in [5.74, 6) is -0.382. The molecule has 0 spiro atoms. The highest BCUT2D eigenvalue weighted by Gasteiger charge is 2.15. The van der Waals surface area contributed by atoms with Crippen molar-refractivity contribution in [3.63, 3.8) is 0 Å². The number of nitrogens with zero attached hydrogens (tertiary/aromatic N) is 2. The average molecular weight is 434 g/mol. The molecule has 2 aromatic carbocycles. The molecule has 10 heteroatoms. The summed E-state index contributed by atoms with van der Waals surface area (Å²) in [6.45, 7) is 2.15. The van der Waals surface area contributed by atoms with Gasteiger partial charge in [-0.25, -0.2) is 18.5 Å². The monoisotopic (exact) mass is 433 g/mol. The summed E-state index contributed by atoms with van der Waals surface area (Å²) in [7, 11) is -3.80. The van der Waals surface area contributed by atoms with Crippen molar-refractivity contribution >= 4 is 38.7 Å². The zero-order valence-electron chi connectivity index (χ0n) is 15.6. The smallest absolute Gasteiger partial charge is 0.316 e. The lowest BCUT2D eigenvalue weighted by atomic mass is 10.2. The van der Waals surface area contributed by atoms with E-state index < -0.39 is 16.0 Å². The number of aromatic nitrogens is 2. The van der Waals surface area contributed by atoms with Gasteiger partial charge in [0.05, 0.1) is 34.7 Å². The van der Waals surface area contributed by atoms with Crippen molar-refractivity contribution in [3.8, 4) is 0 Å². The van der Waals surface area contributed by atoms with Crippen LogP contribution in [0, 0.1) is 0 Å². The van der Waals surface area contributed by atoms with Crippen LogP contribution < -0.4 is 10.7 Å². The van der Waals surface area contributed by atoms with E-state index in [1.165, 1.54) is 16.7 Å². The first-order chi connectivity index (χ1) is 13.8. The van der Waals surface area contributed by atoms with Crippen molar-refractivity contribution in [2.45, 2.75) is 23.5 Å². The number of carbonyl (C=O) groups is 1. The maximum atomic E-state index is 13.0. The zero-order chi connectivity index (χ0) is 21.0. The van der Waals surface area contributed by atoms with Gasteiger partial charge in [-0.05, 0) is 36.8 Å². The minimum Gasteiger partial charge on any atom is -0.465 e. The average Bonchev–Trinajstić information content (AvgIpc) is 2.69. The molecule has 8 nitrogen and oxygen atoms in total. The van der Waals surface area contributed by atoms with Crippen LogP contribution in [0.5, 0.6) is 0 Å². The maximum absolute atomic E-state index is 13.0. The molecule has 0 aliphatic rings. The summed E-state index contributed by atoms with van der Waals surface area (Å²) in [5, 5.41) is 5.95. The second-order valence-corrected chi connectivity index (χ2v) is 8.59. The molecular formula is C19H19N3O5S2. The Morgan fingerprint density at radius 1 is 1.17 bits per heavy atom. The zero-order valence-corrected chi connectivity index (χ0v) is 17.2. The van der Waals surface area contributed by atoms with Crippen LogP contribution in [-0.4, -0.2) is 36.3 Å². The molecular weight excluding hydrogens is 414 g/mol. The summed E-state index contributed by atoms with van der Waals surface area (Å²) >= 11 is 1.11. The van der Waals surface area contributed by atoms with Crippen molar-refractivity contribution in [1.29, 1.82) is 0 Å². The van der Waals surface area contributed by atoms with E-state index in [-0.39, 0.29) is 29.4 Å². The second kappa shape index (κ2) is 8.76. The lowest BCUT2D eigenvalue weighted by molar-refractivity contribution is -0.139. The number of carbonyl (C=O) groups excluding carboxylic acids is 1. The van der Waals surface area contributed by atoms with Crippen LogP contribution >= 0.6 is 11.8 Å². The molecule has 0 unspecified atom stereocenters. The molecule has 1 heterocycles. The highest BCUT2D eigenvalue weighted by Crippen LogP contribution is 2.19. The molecule has 0 fully saturated rings. The molecule has 29 heavy (non-hydrogen) atoms. The van der Waals surface area contributed by atoms with Crippen LogP contribution in [0.1, 0.15) is 12.5 Å². The first kappa shape index (κ1) is 21.0. The van der Waals surface area contributed by atoms with Gasteiger partial charge in [0.1, 0.15) is 0 Å². The molecule has 0 amide bonds. The van der Waals surface area contributed by atoms with E-state index >= 15 is 0 Å². The summed E-state index contributed by atoms with van der Waals surface area (Å²) in [5.41, 5.74) is 0.969. The summed E-state index contributed by atoms with van der Waals surface area (Å²) in [6.07, 6.45) is 0. The lowest BCUT2D eigenvalue weighted by Gasteiger charge is -2.13. The van der Waals surface area contributed by atoms with E-state index in [1.54, 1.807) is 43.3 Å². The van der Waals surface area contributed by atoms with Crippen LogP contribution in [0.4, 0.5) is 0 Å². The first-order valence-corrected chi connectivity index (χ1v) is 11.2. The van der Waals surface area contributed by atoms with Gasteiger partial charge in [0, 0.05) is 0 Å². The van der Waals surface area contributed by atoms with E-state index in [2.05, 4.69) is 4.98 Å². The Morgan fingerprint density at radius 3 is 2.52 bits per heavy atom. The summed E-state index contributed by atoms with van der Waals surface area (Å²) in [6, 6.07) is 12.9. The van der Waals surface area contributed by atoms with Crippen molar-refractivity contribution < 1.29 is 17.9 Å². The quantitative estimate of drug-likeness (QED) is 0.342. The number of hydrogen-bond acceptors (Lipinski definition) is 7. The van der Waals surface area contributed by atoms with Gasteiger partial charge in [0.25, 0.3) is 5.56 Å². The second-order valence-electron chi connectivity index (χ2n) is 6.09. The van der Waals surface area contributed by atoms with Gasteiger partial charge in [-0.15, -0.1) is 0 Å². The van der Waals surface area contributed by atoms with Crippen molar-refractivity contribution in [2.24, 2.45) is 5.14 Å². The summed E-state index contributed by atoms with van der Waals surface area (Å²) < 4.78 is 29.2.